The SMILES string of the molecule is C[C@H](Sc1n[nH]c(C(C)(C)C)n1)C(=O)Nc1ccc(F)c(F)c1F. The minimum absolute atomic E-state index is 0.216. The van der Waals surface area contributed by atoms with Gasteiger partial charge in [0.2, 0.25) is 11.1 Å². The van der Waals surface area contributed by atoms with E-state index in [9.17, 15) is 18.0 Å². The van der Waals surface area contributed by atoms with Crippen molar-refractivity contribution in [3.63, 3.8) is 0 Å². The second kappa shape index (κ2) is 6.84. The molecule has 0 spiro atoms. The molecule has 0 aliphatic heterocycles. The summed E-state index contributed by atoms with van der Waals surface area (Å²) in [7, 11) is 0. The summed E-state index contributed by atoms with van der Waals surface area (Å²) in [6.45, 7) is 7.46. The minimum atomic E-state index is -1.63. The highest BCUT2D eigenvalue weighted by Crippen LogP contribution is 2.25. The van der Waals surface area contributed by atoms with Crippen molar-refractivity contribution in [1.29, 1.82) is 0 Å². The molecule has 0 saturated carbocycles. The van der Waals surface area contributed by atoms with Crippen molar-refractivity contribution >= 4 is 23.4 Å². The summed E-state index contributed by atoms with van der Waals surface area (Å²) in [5.41, 5.74) is -0.636. The van der Waals surface area contributed by atoms with Gasteiger partial charge in [0, 0.05) is 5.41 Å². The van der Waals surface area contributed by atoms with E-state index in [4.69, 9.17) is 0 Å². The number of rotatable bonds is 4. The van der Waals surface area contributed by atoms with Gasteiger partial charge in [-0.05, 0) is 19.1 Å². The van der Waals surface area contributed by atoms with Crippen molar-refractivity contribution in [1.82, 2.24) is 15.2 Å². The lowest BCUT2D eigenvalue weighted by atomic mass is 9.96. The van der Waals surface area contributed by atoms with Gasteiger partial charge in [-0.15, -0.1) is 5.10 Å². The number of benzene rings is 1. The Hall–Kier alpha value is -2.03. The van der Waals surface area contributed by atoms with Gasteiger partial charge in [0.15, 0.2) is 17.5 Å². The maximum Gasteiger partial charge on any atom is 0.237 e. The average molecular weight is 358 g/mol. The second-order valence-electron chi connectivity index (χ2n) is 6.19. The molecule has 2 rings (SSSR count). The summed E-state index contributed by atoms with van der Waals surface area (Å²) in [5, 5.41) is 8.75. The smallest absolute Gasteiger partial charge is 0.237 e. The maximum absolute atomic E-state index is 13.6. The van der Waals surface area contributed by atoms with Crippen molar-refractivity contribution in [3.8, 4) is 0 Å². The third-order valence-corrected chi connectivity index (χ3v) is 4.08. The molecule has 9 heteroatoms. The fraction of sp³-hybridized carbons (Fsp3) is 0.400. The van der Waals surface area contributed by atoms with E-state index < -0.39 is 34.3 Å². The number of hydrogen-bond acceptors (Lipinski definition) is 4. The molecule has 0 saturated heterocycles. The second-order valence-corrected chi connectivity index (χ2v) is 7.50. The molecule has 2 N–H and O–H groups in total. The molecule has 0 unspecified atom stereocenters. The topological polar surface area (TPSA) is 70.7 Å². The Morgan fingerprint density at radius 1 is 1.25 bits per heavy atom. The summed E-state index contributed by atoms with van der Waals surface area (Å²) in [4.78, 5) is 16.4. The Kier molecular flexibility index (Phi) is 5.22. The van der Waals surface area contributed by atoms with E-state index in [1.807, 2.05) is 20.8 Å². The fourth-order valence-electron chi connectivity index (χ4n) is 1.70. The van der Waals surface area contributed by atoms with Crippen LogP contribution in [0.5, 0.6) is 0 Å². The van der Waals surface area contributed by atoms with Gasteiger partial charge < -0.3 is 5.32 Å². The van der Waals surface area contributed by atoms with Crippen molar-refractivity contribution < 1.29 is 18.0 Å². The van der Waals surface area contributed by atoms with E-state index in [0.29, 0.717) is 11.0 Å². The molecule has 0 radical (unpaired) electrons. The molecule has 1 aromatic heterocycles. The number of amides is 1. The molecule has 1 atom stereocenters. The zero-order valence-electron chi connectivity index (χ0n) is 13.6. The molecule has 24 heavy (non-hydrogen) atoms. The number of carbonyl (C=O) groups is 1. The molecule has 1 heterocycles. The van der Waals surface area contributed by atoms with Crippen molar-refractivity contribution in [2.24, 2.45) is 0 Å². The zero-order valence-corrected chi connectivity index (χ0v) is 14.4. The molecular weight excluding hydrogens is 341 g/mol. The van der Waals surface area contributed by atoms with Gasteiger partial charge in [-0.3, -0.25) is 9.89 Å². The number of carbonyl (C=O) groups excluding carboxylic acids is 1. The fourth-order valence-corrected chi connectivity index (χ4v) is 2.43. The van der Waals surface area contributed by atoms with Crippen molar-refractivity contribution in [3.05, 3.63) is 35.4 Å². The van der Waals surface area contributed by atoms with Crippen LogP contribution >= 0.6 is 11.8 Å². The predicted octanol–water partition coefficient (Wildman–Crippen LogP) is 3.64. The lowest BCUT2D eigenvalue weighted by Crippen LogP contribution is -2.23. The number of hydrogen-bond donors (Lipinski definition) is 2. The van der Waals surface area contributed by atoms with E-state index in [-0.39, 0.29) is 5.41 Å². The van der Waals surface area contributed by atoms with Crippen LogP contribution in [0.1, 0.15) is 33.5 Å². The number of nitrogens with one attached hydrogen (secondary N) is 2. The first-order chi connectivity index (χ1) is 11.1. The van der Waals surface area contributed by atoms with Crippen LogP contribution in [0.4, 0.5) is 18.9 Å². The number of anilines is 1. The molecule has 0 fully saturated rings. The lowest BCUT2D eigenvalue weighted by Gasteiger charge is -2.13. The van der Waals surface area contributed by atoms with Crippen LogP contribution in [0.2, 0.25) is 0 Å². The molecule has 0 aliphatic rings. The van der Waals surface area contributed by atoms with Crippen molar-refractivity contribution in [2.45, 2.75) is 43.5 Å². The van der Waals surface area contributed by atoms with Crippen LogP contribution in [0.3, 0.4) is 0 Å². The first-order valence-corrected chi connectivity index (χ1v) is 8.01. The normalized spacial score (nSPS) is 13.0. The van der Waals surface area contributed by atoms with E-state index in [1.54, 1.807) is 6.92 Å². The van der Waals surface area contributed by atoms with Crippen LogP contribution in [-0.2, 0) is 10.2 Å². The van der Waals surface area contributed by atoms with Crippen LogP contribution in [0, 0.1) is 17.5 Å². The Morgan fingerprint density at radius 2 is 1.92 bits per heavy atom. The van der Waals surface area contributed by atoms with Gasteiger partial charge in [-0.25, -0.2) is 18.2 Å². The van der Waals surface area contributed by atoms with Gasteiger partial charge in [0.25, 0.3) is 0 Å². The Bertz CT molecular complexity index is 758. The van der Waals surface area contributed by atoms with Gasteiger partial charge in [0.05, 0.1) is 10.9 Å². The highest BCUT2D eigenvalue weighted by Gasteiger charge is 2.23. The van der Waals surface area contributed by atoms with Gasteiger partial charge in [0.1, 0.15) is 5.82 Å². The van der Waals surface area contributed by atoms with E-state index in [2.05, 4.69) is 20.5 Å². The summed E-state index contributed by atoms with van der Waals surface area (Å²) in [5.74, 6) is -4.29. The number of aromatic nitrogens is 3. The summed E-state index contributed by atoms with van der Waals surface area (Å²) >= 11 is 1.07. The van der Waals surface area contributed by atoms with Crippen LogP contribution in [0.15, 0.2) is 17.3 Å². The number of halogens is 3. The Morgan fingerprint density at radius 3 is 2.50 bits per heavy atom. The molecule has 1 amide bonds. The summed E-state index contributed by atoms with van der Waals surface area (Å²) in [6.07, 6.45) is 0. The molecular formula is C15H17F3N4OS. The third kappa shape index (κ3) is 4.08. The van der Waals surface area contributed by atoms with Crippen LogP contribution < -0.4 is 5.32 Å². The highest BCUT2D eigenvalue weighted by molar-refractivity contribution is 8.00. The number of thioether (sulfide) groups is 1. The summed E-state index contributed by atoms with van der Waals surface area (Å²) in [6, 6.07) is 1.71. The average Bonchev–Trinajstić information content (AvgIpc) is 2.96. The first-order valence-electron chi connectivity index (χ1n) is 7.13. The van der Waals surface area contributed by atoms with E-state index in [1.165, 1.54) is 0 Å². The molecule has 130 valence electrons. The van der Waals surface area contributed by atoms with Gasteiger partial charge in [-0.1, -0.05) is 32.5 Å². The molecule has 0 bridgehead atoms. The number of aromatic amines is 1. The van der Waals surface area contributed by atoms with E-state index >= 15 is 0 Å². The molecule has 5 nitrogen and oxygen atoms in total. The highest BCUT2D eigenvalue weighted by atomic mass is 32.2. The van der Waals surface area contributed by atoms with Crippen LogP contribution in [0.25, 0.3) is 0 Å². The quantitative estimate of drug-likeness (QED) is 0.647. The maximum atomic E-state index is 13.6. The van der Waals surface area contributed by atoms with Crippen LogP contribution in [-0.4, -0.2) is 26.3 Å². The third-order valence-electron chi connectivity index (χ3n) is 3.12. The van der Waals surface area contributed by atoms with E-state index in [0.717, 1.165) is 23.9 Å². The summed E-state index contributed by atoms with van der Waals surface area (Å²) < 4.78 is 39.6. The number of nitrogens with zero attached hydrogens (tertiary/aromatic N) is 2. The molecule has 2 aromatic rings. The van der Waals surface area contributed by atoms with Gasteiger partial charge in [-0.2, -0.15) is 0 Å². The zero-order chi connectivity index (χ0) is 18.1. The monoisotopic (exact) mass is 358 g/mol. The number of H-pyrrole nitrogens is 1. The minimum Gasteiger partial charge on any atom is -0.323 e. The van der Waals surface area contributed by atoms with Crippen molar-refractivity contribution in [2.75, 3.05) is 5.32 Å². The Balaban J connectivity index is 2.05. The lowest BCUT2D eigenvalue weighted by molar-refractivity contribution is -0.115. The standard InChI is InChI=1S/C15H17F3N4OS/c1-7(24-14-20-13(21-22-14)15(2,3)4)12(23)19-9-6-5-8(16)10(17)11(9)18/h5-7H,1-4H3,(H,19,23)(H,20,21,22)/t7-/m0/s1. The van der Waals surface area contributed by atoms with Gasteiger partial charge >= 0.3 is 0 Å². The Labute approximate surface area is 141 Å². The largest absolute Gasteiger partial charge is 0.323 e. The molecule has 0 aliphatic carbocycles. The predicted molar refractivity (Wildman–Crippen MR) is 85.3 cm³/mol. The molecule has 1 aromatic carbocycles. The first kappa shape index (κ1) is 18.3.